The second-order valence-electron chi connectivity index (χ2n) is 7.21. The van der Waals surface area contributed by atoms with E-state index in [2.05, 4.69) is 22.2 Å². The molecule has 7 nitrogen and oxygen atoms in total. The zero-order valence-electron chi connectivity index (χ0n) is 15.0. The molecule has 2 N–H and O–H groups in total. The molecule has 2 fully saturated rings. The third-order valence-electron chi connectivity index (χ3n) is 5.34. The number of hydrogen-bond donors (Lipinski definition) is 2. The van der Waals surface area contributed by atoms with Gasteiger partial charge in [0.2, 0.25) is 0 Å². The quantitative estimate of drug-likeness (QED) is 0.884. The van der Waals surface area contributed by atoms with Gasteiger partial charge in [-0.15, -0.1) is 0 Å². The van der Waals surface area contributed by atoms with Crippen molar-refractivity contribution < 1.29 is 9.90 Å². The smallest absolute Gasteiger partial charge is 0.322 e. The van der Waals surface area contributed by atoms with Gasteiger partial charge in [-0.2, -0.15) is 5.10 Å². The van der Waals surface area contributed by atoms with Crippen LogP contribution in [0.3, 0.4) is 0 Å². The van der Waals surface area contributed by atoms with Crippen molar-refractivity contribution in [3.8, 4) is 5.75 Å². The van der Waals surface area contributed by atoms with Crippen molar-refractivity contribution in [1.29, 1.82) is 0 Å². The van der Waals surface area contributed by atoms with E-state index in [4.69, 9.17) is 0 Å². The molecule has 1 saturated carbocycles. The van der Waals surface area contributed by atoms with Crippen LogP contribution in [0.25, 0.3) is 0 Å². The first-order valence-electron chi connectivity index (χ1n) is 9.24. The summed E-state index contributed by atoms with van der Waals surface area (Å²) in [6.07, 6.45) is 6.18. The molecule has 2 heterocycles. The Balaban J connectivity index is 1.31. The molecule has 1 atom stereocenters. The van der Waals surface area contributed by atoms with Gasteiger partial charge in [0.1, 0.15) is 5.75 Å². The van der Waals surface area contributed by atoms with E-state index in [0.29, 0.717) is 19.1 Å². The van der Waals surface area contributed by atoms with Crippen LogP contribution >= 0.6 is 0 Å². The molecule has 0 radical (unpaired) electrons. The van der Waals surface area contributed by atoms with Crippen LogP contribution in [0.2, 0.25) is 0 Å². The maximum Gasteiger partial charge on any atom is 0.322 e. The van der Waals surface area contributed by atoms with Crippen LogP contribution in [0.1, 0.15) is 25.8 Å². The van der Waals surface area contributed by atoms with E-state index in [0.717, 1.165) is 30.4 Å². The number of nitrogens with zero attached hydrogens (tertiary/aromatic N) is 4. The Hall–Kier alpha value is -2.70. The van der Waals surface area contributed by atoms with Crippen LogP contribution in [0, 0.1) is 5.92 Å². The van der Waals surface area contributed by atoms with Crippen molar-refractivity contribution in [3.05, 3.63) is 36.7 Å². The topological polar surface area (TPSA) is 73.6 Å². The highest BCUT2D eigenvalue weighted by Crippen LogP contribution is 2.39. The first kappa shape index (κ1) is 16.8. The molecule has 2 aliphatic rings. The Kier molecular flexibility index (Phi) is 4.44. The summed E-state index contributed by atoms with van der Waals surface area (Å²) < 4.78 is 1.95. The van der Waals surface area contributed by atoms with Gasteiger partial charge in [-0.1, -0.05) is 6.07 Å². The predicted octanol–water partition coefficient (Wildman–Crippen LogP) is 2.91. The summed E-state index contributed by atoms with van der Waals surface area (Å²) in [5, 5.41) is 17.0. The molecule has 1 aromatic carbocycles. The van der Waals surface area contributed by atoms with Crippen molar-refractivity contribution >= 4 is 17.4 Å². The van der Waals surface area contributed by atoms with Gasteiger partial charge in [0.25, 0.3) is 0 Å². The van der Waals surface area contributed by atoms with Gasteiger partial charge in [-0.05, 0) is 37.8 Å². The zero-order valence-corrected chi connectivity index (χ0v) is 15.0. The van der Waals surface area contributed by atoms with E-state index in [1.807, 2.05) is 27.9 Å². The highest BCUT2D eigenvalue weighted by molar-refractivity contribution is 5.89. The number of hydrogen-bond acceptors (Lipinski definition) is 4. The number of anilines is 2. The molecule has 1 aliphatic heterocycles. The number of carbonyl (C=O) groups is 1. The number of amides is 2. The lowest BCUT2D eigenvalue weighted by atomic mass is 10.2. The maximum absolute atomic E-state index is 12.5. The van der Waals surface area contributed by atoms with Gasteiger partial charge in [0.15, 0.2) is 0 Å². The molecule has 138 valence electrons. The lowest BCUT2D eigenvalue weighted by Gasteiger charge is -2.36. The summed E-state index contributed by atoms with van der Waals surface area (Å²) in [7, 11) is 0. The Bertz CT molecular complexity index is 778. The van der Waals surface area contributed by atoms with Crippen molar-refractivity contribution in [2.24, 2.45) is 5.92 Å². The molecular weight excluding hydrogens is 330 g/mol. The number of aromatic nitrogens is 2. The average molecular weight is 355 g/mol. The molecule has 1 unspecified atom stereocenters. The highest BCUT2D eigenvalue weighted by Gasteiger charge is 2.29. The first-order chi connectivity index (χ1) is 12.6. The number of urea groups is 1. The average Bonchev–Trinajstić information content (AvgIpc) is 3.40. The number of nitrogens with one attached hydrogen (secondary N) is 1. The van der Waals surface area contributed by atoms with Crippen molar-refractivity contribution in [2.45, 2.75) is 25.8 Å². The lowest BCUT2D eigenvalue weighted by Crippen LogP contribution is -2.50. The van der Waals surface area contributed by atoms with Gasteiger partial charge < -0.3 is 20.2 Å². The molecule has 0 bridgehead atoms. The fourth-order valence-electron chi connectivity index (χ4n) is 3.48. The summed E-state index contributed by atoms with van der Waals surface area (Å²) >= 11 is 0. The zero-order chi connectivity index (χ0) is 18.1. The standard InChI is InChI=1S/C19H25N5O2/c1-14(15-5-6-15)24-13-16(12-20-24)21-19(26)23-9-7-22(8-10-23)17-3-2-4-18(25)11-17/h2-4,11-15,25H,5-10H2,1H3,(H,21,26). The molecule has 1 aromatic heterocycles. The number of phenolic OH excluding ortho intramolecular Hbond substituents is 1. The van der Waals surface area contributed by atoms with Crippen LogP contribution in [0.5, 0.6) is 5.75 Å². The molecule has 1 saturated heterocycles. The van der Waals surface area contributed by atoms with Crippen LogP contribution < -0.4 is 10.2 Å². The highest BCUT2D eigenvalue weighted by atomic mass is 16.3. The lowest BCUT2D eigenvalue weighted by molar-refractivity contribution is 0.208. The van der Waals surface area contributed by atoms with Gasteiger partial charge in [-0.25, -0.2) is 4.79 Å². The third-order valence-corrected chi connectivity index (χ3v) is 5.34. The molecule has 7 heteroatoms. The molecular formula is C19H25N5O2. The van der Waals surface area contributed by atoms with E-state index >= 15 is 0 Å². The second-order valence-corrected chi connectivity index (χ2v) is 7.21. The van der Waals surface area contributed by atoms with Crippen LogP contribution in [-0.2, 0) is 0 Å². The fourth-order valence-corrected chi connectivity index (χ4v) is 3.48. The fraction of sp³-hybridized carbons (Fsp3) is 0.474. The van der Waals surface area contributed by atoms with Gasteiger partial charge in [0, 0.05) is 44.1 Å². The third kappa shape index (κ3) is 3.61. The number of rotatable bonds is 4. The number of aromatic hydroxyl groups is 1. The van der Waals surface area contributed by atoms with E-state index in [1.54, 1.807) is 18.3 Å². The molecule has 1 aliphatic carbocycles. The maximum atomic E-state index is 12.5. The summed E-state index contributed by atoms with van der Waals surface area (Å²) in [5.41, 5.74) is 1.73. The van der Waals surface area contributed by atoms with E-state index in [9.17, 15) is 9.90 Å². The Morgan fingerprint density at radius 3 is 2.73 bits per heavy atom. The van der Waals surface area contributed by atoms with Crippen LogP contribution in [0.15, 0.2) is 36.7 Å². The molecule has 0 spiro atoms. The molecule has 2 amide bonds. The predicted molar refractivity (Wildman–Crippen MR) is 101 cm³/mol. The summed E-state index contributed by atoms with van der Waals surface area (Å²) in [5.74, 6) is 0.990. The Morgan fingerprint density at radius 2 is 2.04 bits per heavy atom. The number of piperazine rings is 1. The summed E-state index contributed by atoms with van der Waals surface area (Å²) in [6.45, 7) is 4.96. The minimum atomic E-state index is -0.0841. The largest absolute Gasteiger partial charge is 0.508 e. The molecule has 2 aromatic rings. The monoisotopic (exact) mass is 355 g/mol. The van der Waals surface area contributed by atoms with Crippen molar-refractivity contribution in [2.75, 3.05) is 36.4 Å². The number of carbonyl (C=O) groups excluding carboxylic acids is 1. The van der Waals surface area contributed by atoms with E-state index in [1.165, 1.54) is 12.8 Å². The molecule has 26 heavy (non-hydrogen) atoms. The minimum absolute atomic E-state index is 0.0841. The Morgan fingerprint density at radius 1 is 1.27 bits per heavy atom. The van der Waals surface area contributed by atoms with E-state index in [-0.39, 0.29) is 11.8 Å². The summed E-state index contributed by atoms with van der Waals surface area (Å²) in [4.78, 5) is 16.5. The van der Waals surface area contributed by atoms with Crippen LogP contribution in [-0.4, -0.2) is 52.0 Å². The number of benzene rings is 1. The first-order valence-corrected chi connectivity index (χ1v) is 9.24. The van der Waals surface area contributed by atoms with Gasteiger partial charge >= 0.3 is 6.03 Å². The minimum Gasteiger partial charge on any atom is -0.508 e. The van der Waals surface area contributed by atoms with Gasteiger partial charge in [0.05, 0.1) is 17.9 Å². The Labute approximate surface area is 153 Å². The normalized spacial score (nSPS) is 18.7. The molecule has 4 rings (SSSR count). The van der Waals surface area contributed by atoms with Crippen molar-refractivity contribution in [3.63, 3.8) is 0 Å². The number of phenols is 1. The second kappa shape index (κ2) is 6.90. The van der Waals surface area contributed by atoms with Gasteiger partial charge in [-0.3, -0.25) is 4.68 Å². The van der Waals surface area contributed by atoms with E-state index < -0.39 is 0 Å². The SMILES string of the molecule is CC(C1CC1)n1cc(NC(=O)N2CCN(c3cccc(O)c3)CC2)cn1. The van der Waals surface area contributed by atoms with Crippen molar-refractivity contribution in [1.82, 2.24) is 14.7 Å². The van der Waals surface area contributed by atoms with Crippen LogP contribution in [0.4, 0.5) is 16.2 Å². The summed E-state index contributed by atoms with van der Waals surface area (Å²) in [6, 6.07) is 7.54.